The number of hydrogen-bond acceptors (Lipinski definition) is 2. The molecule has 0 aliphatic heterocycles. The van der Waals surface area contributed by atoms with Crippen LogP contribution in [0.3, 0.4) is 0 Å². The van der Waals surface area contributed by atoms with Crippen LogP contribution in [0.5, 0.6) is 11.5 Å². The molecular formula is C25H30O2. The van der Waals surface area contributed by atoms with Crippen molar-refractivity contribution in [3.8, 4) is 11.5 Å². The molecule has 0 saturated heterocycles. The second-order valence-corrected chi connectivity index (χ2v) is 9.07. The van der Waals surface area contributed by atoms with E-state index >= 15 is 0 Å². The summed E-state index contributed by atoms with van der Waals surface area (Å²) in [7, 11) is 0. The first kappa shape index (κ1) is 17.2. The number of fused-ring (bicyclic) bond motifs is 3. The van der Waals surface area contributed by atoms with E-state index in [1.165, 1.54) is 62.5 Å². The first-order chi connectivity index (χ1) is 13.2. The molecule has 0 amide bonds. The molecule has 0 spiro atoms. The van der Waals surface area contributed by atoms with Crippen LogP contribution in [-0.2, 0) is 5.41 Å². The van der Waals surface area contributed by atoms with Gasteiger partial charge in [-0.3, -0.25) is 0 Å². The molecule has 27 heavy (non-hydrogen) atoms. The lowest BCUT2D eigenvalue weighted by atomic mass is 9.58. The second kappa shape index (κ2) is 6.58. The predicted octanol–water partition coefficient (Wildman–Crippen LogP) is 6.01. The van der Waals surface area contributed by atoms with Gasteiger partial charge in [0.2, 0.25) is 0 Å². The molecule has 4 atom stereocenters. The van der Waals surface area contributed by atoms with Gasteiger partial charge in [0.15, 0.2) is 0 Å². The molecule has 0 heterocycles. The summed E-state index contributed by atoms with van der Waals surface area (Å²) in [5.41, 5.74) is 2.77. The Hall–Kier alpha value is -1.96. The first-order valence-corrected chi connectivity index (χ1v) is 10.8. The Morgan fingerprint density at radius 3 is 1.33 bits per heavy atom. The van der Waals surface area contributed by atoms with E-state index < -0.39 is 0 Å². The molecule has 3 aliphatic rings. The summed E-state index contributed by atoms with van der Waals surface area (Å²) in [5.74, 6) is 3.69. The van der Waals surface area contributed by atoms with E-state index in [9.17, 15) is 10.2 Å². The van der Waals surface area contributed by atoms with Crippen LogP contribution in [-0.4, -0.2) is 10.2 Å². The number of aromatic hydroxyl groups is 2. The summed E-state index contributed by atoms with van der Waals surface area (Å²) in [6.45, 7) is 0. The molecule has 0 aromatic heterocycles. The lowest BCUT2D eigenvalue weighted by Crippen LogP contribution is -2.41. The third-order valence-corrected chi connectivity index (χ3v) is 8.05. The highest BCUT2D eigenvalue weighted by Crippen LogP contribution is 2.66. The molecule has 142 valence electrons. The van der Waals surface area contributed by atoms with Crippen molar-refractivity contribution in [2.75, 3.05) is 0 Å². The van der Waals surface area contributed by atoms with Crippen LogP contribution in [0.15, 0.2) is 48.5 Å². The quantitative estimate of drug-likeness (QED) is 0.687. The van der Waals surface area contributed by atoms with Crippen LogP contribution in [0, 0.1) is 23.7 Å². The lowest BCUT2D eigenvalue weighted by molar-refractivity contribution is 0.184. The van der Waals surface area contributed by atoms with Gasteiger partial charge in [0.1, 0.15) is 11.5 Å². The van der Waals surface area contributed by atoms with Crippen molar-refractivity contribution < 1.29 is 10.2 Å². The molecule has 2 aromatic carbocycles. The number of rotatable bonds is 2. The third kappa shape index (κ3) is 2.52. The summed E-state index contributed by atoms with van der Waals surface area (Å²) >= 11 is 0. The monoisotopic (exact) mass is 362 g/mol. The highest BCUT2D eigenvalue weighted by Gasteiger charge is 2.61. The summed E-state index contributed by atoms with van der Waals surface area (Å²) < 4.78 is 0. The Bertz CT molecular complexity index is 723. The fourth-order valence-corrected chi connectivity index (χ4v) is 7.25. The van der Waals surface area contributed by atoms with Crippen molar-refractivity contribution in [2.45, 2.75) is 56.8 Å². The zero-order valence-electron chi connectivity index (χ0n) is 16.0. The van der Waals surface area contributed by atoms with Gasteiger partial charge in [-0.05, 0) is 84.7 Å². The molecule has 0 bridgehead atoms. The maximum atomic E-state index is 9.92. The molecule has 3 fully saturated rings. The van der Waals surface area contributed by atoms with Crippen molar-refractivity contribution in [3.63, 3.8) is 0 Å². The van der Waals surface area contributed by atoms with Crippen molar-refractivity contribution in [1.82, 2.24) is 0 Å². The summed E-state index contributed by atoms with van der Waals surface area (Å²) in [5, 5.41) is 19.8. The minimum atomic E-state index is 0.0254. The molecule has 3 saturated carbocycles. The zero-order chi connectivity index (χ0) is 18.4. The van der Waals surface area contributed by atoms with E-state index in [1.807, 2.05) is 24.3 Å². The van der Waals surface area contributed by atoms with Gasteiger partial charge >= 0.3 is 0 Å². The maximum Gasteiger partial charge on any atom is 0.115 e. The van der Waals surface area contributed by atoms with E-state index in [1.54, 1.807) is 0 Å². The molecule has 3 aliphatic carbocycles. The fraction of sp³-hybridized carbons (Fsp3) is 0.520. The summed E-state index contributed by atoms with van der Waals surface area (Å²) in [6, 6.07) is 16.2. The Morgan fingerprint density at radius 1 is 0.556 bits per heavy atom. The van der Waals surface area contributed by atoms with Gasteiger partial charge in [-0.25, -0.2) is 0 Å². The number of benzene rings is 2. The Morgan fingerprint density at radius 2 is 0.926 bits per heavy atom. The molecule has 5 rings (SSSR count). The van der Waals surface area contributed by atoms with Crippen molar-refractivity contribution >= 4 is 0 Å². The zero-order valence-corrected chi connectivity index (χ0v) is 16.0. The minimum Gasteiger partial charge on any atom is -0.508 e. The molecule has 2 heteroatoms. The standard InChI is InChI=1S/C25H30O2/c26-19-13-9-17(10-14-19)25(18-11-15-20(27)16-12-18)23-7-3-1-5-21(23)22-6-2-4-8-24(22)25/h9-16,21-24,26-27H,1-8H2. The van der Waals surface area contributed by atoms with Gasteiger partial charge in [0.05, 0.1) is 0 Å². The van der Waals surface area contributed by atoms with Gasteiger partial charge in [-0.1, -0.05) is 49.9 Å². The summed E-state index contributed by atoms with van der Waals surface area (Å²) in [6.07, 6.45) is 10.8. The third-order valence-electron chi connectivity index (χ3n) is 8.05. The molecule has 2 N–H and O–H groups in total. The summed E-state index contributed by atoms with van der Waals surface area (Å²) in [4.78, 5) is 0. The minimum absolute atomic E-state index is 0.0254. The normalized spacial score (nSPS) is 31.9. The highest BCUT2D eigenvalue weighted by molar-refractivity contribution is 5.47. The van der Waals surface area contributed by atoms with Gasteiger partial charge in [-0.2, -0.15) is 0 Å². The molecule has 2 nitrogen and oxygen atoms in total. The van der Waals surface area contributed by atoms with Crippen LogP contribution in [0.4, 0.5) is 0 Å². The number of hydrogen-bond donors (Lipinski definition) is 2. The highest BCUT2D eigenvalue weighted by atomic mass is 16.3. The van der Waals surface area contributed by atoms with E-state index in [0.717, 1.165) is 11.8 Å². The Balaban J connectivity index is 1.75. The van der Waals surface area contributed by atoms with Gasteiger partial charge in [0, 0.05) is 5.41 Å². The average molecular weight is 363 g/mol. The van der Waals surface area contributed by atoms with Gasteiger partial charge < -0.3 is 10.2 Å². The molecule has 0 radical (unpaired) electrons. The van der Waals surface area contributed by atoms with E-state index in [-0.39, 0.29) is 5.41 Å². The smallest absolute Gasteiger partial charge is 0.115 e. The average Bonchev–Trinajstić information content (AvgIpc) is 3.01. The molecule has 4 unspecified atom stereocenters. The maximum absolute atomic E-state index is 9.92. The van der Waals surface area contributed by atoms with Crippen LogP contribution < -0.4 is 0 Å². The first-order valence-electron chi connectivity index (χ1n) is 10.8. The van der Waals surface area contributed by atoms with E-state index in [2.05, 4.69) is 24.3 Å². The largest absolute Gasteiger partial charge is 0.508 e. The van der Waals surface area contributed by atoms with Crippen LogP contribution in [0.1, 0.15) is 62.5 Å². The van der Waals surface area contributed by atoms with E-state index in [4.69, 9.17) is 0 Å². The molecule has 2 aromatic rings. The van der Waals surface area contributed by atoms with Gasteiger partial charge in [-0.15, -0.1) is 0 Å². The second-order valence-electron chi connectivity index (χ2n) is 9.07. The van der Waals surface area contributed by atoms with Crippen LogP contribution in [0.2, 0.25) is 0 Å². The van der Waals surface area contributed by atoms with Crippen molar-refractivity contribution in [3.05, 3.63) is 59.7 Å². The van der Waals surface area contributed by atoms with Gasteiger partial charge in [0.25, 0.3) is 0 Å². The van der Waals surface area contributed by atoms with Crippen molar-refractivity contribution in [2.24, 2.45) is 23.7 Å². The SMILES string of the molecule is Oc1ccc(C2(c3ccc(O)cc3)C3CCCCC3C3CCCCC32)cc1. The Labute approximate surface area is 162 Å². The fourth-order valence-electron chi connectivity index (χ4n) is 7.25. The topological polar surface area (TPSA) is 40.5 Å². The van der Waals surface area contributed by atoms with Crippen LogP contribution >= 0.6 is 0 Å². The lowest BCUT2D eigenvalue weighted by Gasteiger charge is -2.45. The number of phenolic OH excluding ortho intramolecular Hbond substituents is 2. The predicted molar refractivity (Wildman–Crippen MR) is 108 cm³/mol. The van der Waals surface area contributed by atoms with Crippen LogP contribution in [0.25, 0.3) is 0 Å². The number of phenols is 2. The Kier molecular flexibility index (Phi) is 4.18. The van der Waals surface area contributed by atoms with Crippen molar-refractivity contribution in [1.29, 1.82) is 0 Å². The van der Waals surface area contributed by atoms with E-state index in [0.29, 0.717) is 23.3 Å². The molecular weight excluding hydrogens is 332 g/mol.